The average molecular weight is 501 g/mol. The van der Waals surface area contributed by atoms with Gasteiger partial charge in [-0.1, -0.05) is 0 Å². The second-order valence-electron chi connectivity index (χ2n) is 9.80. The van der Waals surface area contributed by atoms with Crippen LogP contribution in [0.4, 0.5) is 10.6 Å². The van der Waals surface area contributed by atoms with Crippen molar-refractivity contribution in [3.63, 3.8) is 0 Å². The maximum atomic E-state index is 12.6. The predicted octanol–water partition coefficient (Wildman–Crippen LogP) is 3.60. The fourth-order valence-electron chi connectivity index (χ4n) is 4.86. The highest BCUT2D eigenvalue weighted by molar-refractivity contribution is 5.91. The number of amides is 2. The number of ether oxygens (including phenoxy) is 3. The summed E-state index contributed by atoms with van der Waals surface area (Å²) < 4.78 is 16.3. The van der Waals surface area contributed by atoms with Crippen molar-refractivity contribution in [2.24, 2.45) is 0 Å². The van der Waals surface area contributed by atoms with Crippen molar-refractivity contribution in [2.75, 3.05) is 25.6 Å². The normalized spacial score (nSPS) is 20.7. The standard InChI is InChI=1S/C25H32N4O7/c1-25(2)7-4-8-29(25)24(33)36-16-6-5-15(9-16)19-12-22(28-27-19)26-23(32)14-35-21-11-17(34-3)10-20(31)18(21)13-30/h10-13,15-16,31H,4-9,14H2,1-3H3,(H2,26,27,28,32). The number of phenolic OH excluding ortho intramolecular Hbond substituents is 1. The van der Waals surface area contributed by atoms with Crippen molar-refractivity contribution < 1.29 is 33.7 Å². The number of aromatic nitrogens is 2. The number of aromatic amines is 1. The van der Waals surface area contributed by atoms with Gasteiger partial charge in [0.15, 0.2) is 18.7 Å². The van der Waals surface area contributed by atoms with Gasteiger partial charge in [0.05, 0.1) is 12.7 Å². The number of aldehydes is 1. The lowest BCUT2D eigenvalue weighted by Crippen LogP contribution is -2.43. The van der Waals surface area contributed by atoms with Gasteiger partial charge in [0, 0.05) is 41.9 Å². The van der Waals surface area contributed by atoms with Crippen LogP contribution < -0.4 is 14.8 Å². The molecule has 0 spiro atoms. The monoisotopic (exact) mass is 500 g/mol. The molecule has 1 saturated heterocycles. The van der Waals surface area contributed by atoms with Gasteiger partial charge in [0.25, 0.3) is 5.91 Å². The maximum absolute atomic E-state index is 12.6. The van der Waals surface area contributed by atoms with E-state index in [9.17, 15) is 19.5 Å². The molecule has 36 heavy (non-hydrogen) atoms. The largest absolute Gasteiger partial charge is 0.507 e. The van der Waals surface area contributed by atoms with Crippen LogP contribution in [0.15, 0.2) is 18.2 Å². The first kappa shape index (κ1) is 25.3. The Labute approximate surface area is 209 Å². The molecule has 4 rings (SSSR count). The summed E-state index contributed by atoms with van der Waals surface area (Å²) in [4.78, 5) is 38.1. The number of H-pyrrole nitrogens is 1. The van der Waals surface area contributed by atoms with E-state index in [-0.39, 0.29) is 46.5 Å². The van der Waals surface area contributed by atoms with Gasteiger partial charge in [-0.3, -0.25) is 14.7 Å². The summed E-state index contributed by atoms with van der Waals surface area (Å²) in [6.45, 7) is 4.45. The van der Waals surface area contributed by atoms with E-state index >= 15 is 0 Å². The minimum absolute atomic E-state index is 0.0311. The zero-order valence-corrected chi connectivity index (χ0v) is 20.7. The number of methoxy groups -OCH3 is 1. The number of rotatable bonds is 8. The lowest BCUT2D eigenvalue weighted by atomic mass is 10.0. The van der Waals surface area contributed by atoms with Crippen LogP contribution in [-0.2, 0) is 9.53 Å². The number of aromatic hydroxyl groups is 1. The zero-order chi connectivity index (χ0) is 25.9. The van der Waals surface area contributed by atoms with Gasteiger partial charge in [-0.25, -0.2) is 4.79 Å². The molecule has 2 atom stereocenters. The van der Waals surface area contributed by atoms with E-state index in [1.54, 1.807) is 6.07 Å². The minimum atomic E-state index is -0.487. The Hall–Kier alpha value is -3.76. The second kappa shape index (κ2) is 10.5. The SMILES string of the molecule is COc1cc(O)c(C=O)c(OCC(=O)Nc2cc(C3CCC(OC(=O)N4CCCC4(C)C)C3)[nH]n2)c1. The number of anilines is 1. The highest BCUT2D eigenvalue weighted by Gasteiger charge is 2.38. The summed E-state index contributed by atoms with van der Waals surface area (Å²) in [6, 6.07) is 4.45. The van der Waals surface area contributed by atoms with Crippen LogP contribution >= 0.6 is 0 Å². The van der Waals surface area contributed by atoms with E-state index in [1.165, 1.54) is 19.2 Å². The molecular weight excluding hydrogens is 468 g/mol. The Balaban J connectivity index is 1.28. The third-order valence-corrected chi connectivity index (χ3v) is 6.88. The van der Waals surface area contributed by atoms with Crippen LogP contribution in [0.1, 0.15) is 67.9 Å². The topological polar surface area (TPSA) is 143 Å². The second-order valence-corrected chi connectivity index (χ2v) is 9.80. The van der Waals surface area contributed by atoms with Crippen LogP contribution in [-0.4, -0.2) is 70.4 Å². The molecule has 1 saturated carbocycles. The van der Waals surface area contributed by atoms with Crippen molar-refractivity contribution >= 4 is 24.1 Å². The molecule has 1 aliphatic heterocycles. The van der Waals surface area contributed by atoms with Crippen molar-refractivity contribution in [3.8, 4) is 17.2 Å². The van der Waals surface area contributed by atoms with Crippen LogP contribution in [0, 0.1) is 0 Å². The van der Waals surface area contributed by atoms with Gasteiger partial charge in [-0.2, -0.15) is 5.10 Å². The van der Waals surface area contributed by atoms with E-state index in [1.807, 2.05) is 4.90 Å². The number of benzene rings is 1. The Morgan fingerprint density at radius 2 is 2.11 bits per heavy atom. The molecule has 0 radical (unpaired) electrons. The number of likely N-dealkylation sites (tertiary alicyclic amines) is 1. The fourth-order valence-corrected chi connectivity index (χ4v) is 4.86. The number of carbonyl (C=O) groups is 3. The van der Waals surface area contributed by atoms with Crippen molar-refractivity contribution in [1.29, 1.82) is 0 Å². The maximum Gasteiger partial charge on any atom is 0.410 e. The first-order valence-corrected chi connectivity index (χ1v) is 12.0. The molecule has 3 N–H and O–H groups in total. The molecule has 194 valence electrons. The quantitative estimate of drug-likeness (QED) is 0.467. The predicted molar refractivity (Wildman–Crippen MR) is 130 cm³/mol. The van der Waals surface area contributed by atoms with Crippen LogP contribution in [0.3, 0.4) is 0 Å². The Morgan fingerprint density at radius 1 is 1.31 bits per heavy atom. The minimum Gasteiger partial charge on any atom is -0.507 e. The molecule has 1 aromatic carbocycles. The average Bonchev–Trinajstić information content (AvgIpc) is 3.57. The number of phenols is 1. The molecular formula is C25H32N4O7. The molecule has 2 aromatic rings. The van der Waals surface area contributed by atoms with Gasteiger partial charge in [-0.05, 0) is 46.0 Å². The number of nitrogens with zero attached hydrogens (tertiary/aromatic N) is 2. The molecule has 2 amide bonds. The summed E-state index contributed by atoms with van der Waals surface area (Å²) in [6.07, 6.45) is 4.31. The molecule has 11 nitrogen and oxygen atoms in total. The van der Waals surface area contributed by atoms with Crippen molar-refractivity contribution in [2.45, 2.75) is 63.5 Å². The molecule has 1 aliphatic carbocycles. The van der Waals surface area contributed by atoms with Crippen LogP contribution in [0.5, 0.6) is 17.2 Å². The summed E-state index contributed by atoms with van der Waals surface area (Å²) in [7, 11) is 1.41. The number of carbonyl (C=O) groups excluding carboxylic acids is 3. The molecule has 2 heterocycles. The molecule has 11 heteroatoms. The van der Waals surface area contributed by atoms with E-state index in [4.69, 9.17) is 14.2 Å². The molecule has 2 unspecified atom stereocenters. The highest BCUT2D eigenvalue weighted by atomic mass is 16.6. The molecule has 2 aliphatic rings. The van der Waals surface area contributed by atoms with Crippen LogP contribution in [0.2, 0.25) is 0 Å². The summed E-state index contributed by atoms with van der Waals surface area (Å²) in [5, 5.41) is 19.7. The highest BCUT2D eigenvalue weighted by Crippen LogP contribution is 2.37. The first-order chi connectivity index (χ1) is 17.2. The van der Waals surface area contributed by atoms with E-state index in [0.29, 0.717) is 18.5 Å². The fraction of sp³-hybridized carbons (Fsp3) is 0.520. The summed E-state index contributed by atoms with van der Waals surface area (Å²) in [5.74, 6) is -0.000523. The summed E-state index contributed by atoms with van der Waals surface area (Å²) >= 11 is 0. The van der Waals surface area contributed by atoms with Gasteiger partial charge in [0.2, 0.25) is 0 Å². The molecule has 1 aromatic heterocycles. The van der Waals surface area contributed by atoms with Gasteiger partial charge >= 0.3 is 6.09 Å². The van der Waals surface area contributed by atoms with Gasteiger partial charge < -0.3 is 29.5 Å². The van der Waals surface area contributed by atoms with E-state index in [2.05, 4.69) is 29.4 Å². The first-order valence-electron chi connectivity index (χ1n) is 12.0. The number of nitrogens with one attached hydrogen (secondary N) is 2. The van der Waals surface area contributed by atoms with E-state index < -0.39 is 12.5 Å². The summed E-state index contributed by atoms with van der Waals surface area (Å²) in [5.41, 5.74) is 0.611. The van der Waals surface area contributed by atoms with Gasteiger partial charge in [-0.15, -0.1) is 0 Å². The Bertz CT molecular complexity index is 1130. The third-order valence-electron chi connectivity index (χ3n) is 6.88. The zero-order valence-electron chi connectivity index (χ0n) is 20.7. The number of hydrogen-bond acceptors (Lipinski definition) is 8. The van der Waals surface area contributed by atoms with Crippen molar-refractivity contribution in [3.05, 3.63) is 29.5 Å². The Morgan fingerprint density at radius 3 is 2.81 bits per heavy atom. The van der Waals surface area contributed by atoms with Crippen LogP contribution in [0.25, 0.3) is 0 Å². The molecule has 0 bridgehead atoms. The lowest BCUT2D eigenvalue weighted by molar-refractivity contribution is -0.118. The lowest BCUT2D eigenvalue weighted by Gasteiger charge is -2.31. The van der Waals surface area contributed by atoms with Crippen molar-refractivity contribution in [1.82, 2.24) is 15.1 Å². The number of hydrogen-bond donors (Lipinski definition) is 3. The Kier molecular flexibility index (Phi) is 7.37. The van der Waals surface area contributed by atoms with E-state index in [0.717, 1.165) is 37.9 Å². The molecule has 2 fully saturated rings. The third kappa shape index (κ3) is 5.55. The smallest absolute Gasteiger partial charge is 0.410 e. The van der Waals surface area contributed by atoms with Gasteiger partial charge in [0.1, 0.15) is 23.4 Å².